The van der Waals surface area contributed by atoms with Crippen molar-refractivity contribution in [3.63, 3.8) is 0 Å². The Bertz CT molecular complexity index is 594. The molecule has 0 radical (unpaired) electrons. The molecule has 19 heavy (non-hydrogen) atoms. The van der Waals surface area contributed by atoms with Gasteiger partial charge in [-0.05, 0) is 25.1 Å². The van der Waals surface area contributed by atoms with Crippen LogP contribution in [0.4, 0.5) is 4.39 Å². The van der Waals surface area contributed by atoms with Gasteiger partial charge < -0.3 is 15.0 Å². The molecule has 0 fully saturated rings. The summed E-state index contributed by atoms with van der Waals surface area (Å²) in [5, 5.41) is 7.22. The number of hydrogen-bond acceptors (Lipinski definition) is 3. The standard InChI is InChI=1S/C13H15FN4O/c1-9-17-4-5-18(9)6-7-19-12-3-2-10(13(15)16)8-11(12)14/h2-5,8H,6-7H2,1H3,(H3,15,16). The van der Waals surface area contributed by atoms with Crippen molar-refractivity contribution in [3.05, 3.63) is 47.8 Å². The Morgan fingerprint density at radius 3 is 2.89 bits per heavy atom. The molecule has 0 aliphatic rings. The fourth-order valence-electron chi connectivity index (χ4n) is 1.68. The number of nitrogens with two attached hydrogens (primary N) is 1. The molecule has 2 rings (SSSR count). The highest BCUT2D eigenvalue weighted by atomic mass is 19.1. The first-order valence-corrected chi connectivity index (χ1v) is 5.82. The first-order valence-electron chi connectivity index (χ1n) is 5.82. The third-order valence-electron chi connectivity index (χ3n) is 2.76. The van der Waals surface area contributed by atoms with Gasteiger partial charge in [-0.2, -0.15) is 0 Å². The Balaban J connectivity index is 1.96. The number of amidine groups is 1. The molecule has 1 aromatic carbocycles. The number of nitrogens with zero attached hydrogens (tertiary/aromatic N) is 2. The molecule has 0 bridgehead atoms. The van der Waals surface area contributed by atoms with Crippen molar-refractivity contribution in [1.29, 1.82) is 5.41 Å². The van der Waals surface area contributed by atoms with Crippen molar-refractivity contribution < 1.29 is 9.13 Å². The lowest BCUT2D eigenvalue weighted by Gasteiger charge is -2.09. The van der Waals surface area contributed by atoms with E-state index in [1.807, 2.05) is 17.7 Å². The Labute approximate surface area is 110 Å². The second-order valence-corrected chi connectivity index (χ2v) is 4.08. The van der Waals surface area contributed by atoms with Gasteiger partial charge in [0.05, 0.1) is 6.54 Å². The average molecular weight is 262 g/mol. The number of nitrogens with one attached hydrogen (secondary N) is 1. The van der Waals surface area contributed by atoms with E-state index in [-0.39, 0.29) is 11.6 Å². The molecule has 3 N–H and O–H groups in total. The predicted octanol–water partition coefficient (Wildman–Crippen LogP) is 1.69. The Morgan fingerprint density at radius 2 is 2.32 bits per heavy atom. The van der Waals surface area contributed by atoms with Gasteiger partial charge in [0, 0.05) is 18.0 Å². The summed E-state index contributed by atoms with van der Waals surface area (Å²) >= 11 is 0. The van der Waals surface area contributed by atoms with Gasteiger partial charge in [-0.15, -0.1) is 0 Å². The molecule has 0 saturated carbocycles. The lowest BCUT2D eigenvalue weighted by molar-refractivity contribution is 0.283. The van der Waals surface area contributed by atoms with E-state index in [0.717, 1.165) is 5.82 Å². The van der Waals surface area contributed by atoms with Gasteiger partial charge in [-0.1, -0.05) is 0 Å². The van der Waals surface area contributed by atoms with Crippen LogP contribution in [0.5, 0.6) is 5.75 Å². The van der Waals surface area contributed by atoms with Gasteiger partial charge >= 0.3 is 0 Å². The van der Waals surface area contributed by atoms with Crippen molar-refractivity contribution in [2.75, 3.05) is 6.61 Å². The van der Waals surface area contributed by atoms with E-state index in [1.165, 1.54) is 12.1 Å². The third kappa shape index (κ3) is 3.09. The van der Waals surface area contributed by atoms with E-state index in [2.05, 4.69) is 4.98 Å². The molecular formula is C13H15FN4O. The molecular weight excluding hydrogens is 247 g/mol. The highest BCUT2D eigenvalue weighted by molar-refractivity contribution is 5.95. The molecule has 0 spiro atoms. The number of hydrogen-bond donors (Lipinski definition) is 2. The monoisotopic (exact) mass is 262 g/mol. The minimum absolute atomic E-state index is 0.155. The fraction of sp³-hybridized carbons (Fsp3) is 0.231. The maximum absolute atomic E-state index is 13.7. The van der Waals surface area contributed by atoms with Crippen LogP contribution in [0.2, 0.25) is 0 Å². The summed E-state index contributed by atoms with van der Waals surface area (Å²) in [5.74, 6) is 0.355. The van der Waals surface area contributed by atoms with Crippen molar-refractivity contribution in [1.82, 2.24) is 9.55 Å². The Hall–Kier alpha value is -2.37. The molecule has 0 aliphatic heterocycles. The highest BCUT2D eigenvalue weighted by Crippen LogP contribution is 2.18. The number of halogens is 1. The van der Waals surface area contributed by atoms with Crippen LogP contribution in [0.25, 0.3) is 0 Å². The summed E-state index contributed by atoms with van der Waals surface area (Å²) in [6, 6.07) is 4.23. The number of aromatic nitrogens is 2. The van der Waals surface area contributed by atoms with Gasteiger partial charge in [0.15, 0.2) is 11.6 Å². The molecule has 2 aromatic rings. The fourth-order valence-corrected chi connectivity index (χ4v) is 1.68. The van der Waals surface area contributed by atoms with Gasteiger partial charge in [0.1, 0.15) is 18.3 Å². The van der Waals surface area contributed by atoms with E-state index >= 15 is 0 Å². The summed E-state index contributed by atoms with van der Waals surface area (Å²) in [5.41, 5.74) is 5.62. The summed E-state index contributed by atoms with van der Waals surface area (Å²) < 4.78 is 20.9. The minimum atomic E-state index is -0.518. The topological polar surface area (TPSA) is 76.9 Å². The van der Waals surface area contributed by atoms with Gasteiger partial charge in [-0.25, -0.2) is 9.37 Å². The third-order valence-corrected chi connectivity index (χ3v) is 2.76. The summed E-state index contributed by atoms with van der Waals surface area (Å²) in [6.45, 7) is 2.83. The number of rotatable bonds is 5. The maximum Gasteiger partial charge on any atom is 0.165 e. The van der Waals surface area contributed by atoms with Crippen LogP contribution in [-0.2, 0) is 6.54 Å². The van der Waals surface area contributed by atoms with Crippen LogP contribution >= 0.6 is 0 Å². The van der Waals surface area contributed by atoms with Crippen LogP contribution in [0.3, 0.4) is 0 Å². The number of ether oxygens (including phenoxy) is 1. The molecule has 0 amide bonds. The summed E-state index contributed by atoms with van der Waals surface area (Å²) in [4.78, 5) is 4.09. The Morgan fingerprint density at radius 1 is 1.53 bits per heavy atom. The second-order valence-electron chi connectivity index (χ2n) is 4.08. The molecule has 0 saturated heterocycles. The predicted molar refractivity (Wildman–Crippen MR) is 69.9 cm³/mol. The lowest BCUT2D eigenvalue weighted by Crippen LogP contribution is -2.12. The highest BCUT2D eigenvalue weighted by Gasteiger charge is 2.06. The average Bonchev–Trinajstić information content (AvgIpc) is 2.77. The van der Waals surface area contributed by atoms with Crippen LogP contribution in [0.15, 0.2) is 30.6 Å². The zero-order chi connectivity index (χ0) is 13.8. The van der Waals surface area contributed by atoms with Gasteiger partial charge in [0.2, 0.25) is 0 Å². The van der Waals surface area contributed by atoms with E-state index in [4.69, 9.17) is 15.9 Å². The van der Waals surface area contributed by atoms with Crippen LogP contribution in [0.1, 0.15) is 11.4 Å². The van der Waals surface area contributed by atoms with Gasteiger partial charge in [-0.3, -0.25) is 5.41 Å². The summed E-state index contributed by atoms with van der Waals surface area (Å²) in [6.07, 6.45) is 3.55. The maximum atomic E-state index is 13.7. The van der Waals surface area contributed by atoms with E-state index < -0.39 is 5.82 Å². The molecule has 1 heterocycles. The molecule has 100 valence electrons. The number of benzene rings is 1. The molecule has 1 aromatic heterocycles. The van der Waals surface area contributed by atoms with Crippen LogP contribution < -0.4 is 10.5 Å². The molecule has 0 atom stereocenters. The first-order chi connectivity index (χ1) is 9.08. The normalized spacial score (nSPS) is 10.4. The zero-order valence-corrected chi connectivity index (χ0v) is 10.6. The zero-order valence-electron chi connectivity index (χ0n) is 10.6. The molecule has 0 unspecified atom stereocenters. The molecule has 5 nitrogen and oxygen atoms in total. The smallest absolute Gasteiger partial charge is 0.165 e. The van der Waals surface area contributed by atoms with Crippen molar-refractivity contribution in [3.8, 4) is 5.75 Å². The van der Waals surface area contributed by atoms with E-state index in [9.17, 15) is 4.39 Å². The molecule has 0 aliphatic carbocycles. The van der Waals surface area contributed by atoms with E-state index in [0.29, 0.717) is 18.7 Å². The number of nitrogen functional groups attached to an aromatic ring is 1. The van der Waals surface area contributed by atoms with Crippen molar-refractivity contribution in [2.45, 2.75) is 13.5 Å². The SMILES string of the molecule is Cc1nccn1CCOc1ccc(C(=N)N)cc1F. The second kappa shape index (κ2) is 5.51. The van der Waals surface area contributed by atoms with E-state index in [1.54, 1.807) is 12.3 Å². The Kier molecular flexibility index (Phi) is 3.79. The number of imidazole rings is 1. The van der Waals surface area contributed by atoms with Crippen LogP contribution in [0, 0.1) is 18.2 Å². The quantitative estimate of drug-likeness (QED) is 0.636. The molecule has 6 heteroatoms. The minimum Gasteiger partial charge on any atom is -0.489 e. The first kappa shape index (κ1) is 13.1. The van der Waals surface area contributed by atoms with Gasteiger partial charge in [0.25, 0.3) is 0 Å². The largest absolute Gasteiger partial charge is 0.489 e. The summed E-state index contributed by atoms with van der Waals surface area (Å²) in [7, 11) is 0. The van der Waals surface area contributed by atoms with Crippen molar-refractivity contribution >= 4 is 5.84 Å². The number of aryl methyl sites for hydroxylation is 1. The van der Waals surface area contributed by atoms with Crippen molar-refractivity contribution in [2.24, 2.45) is 5.73 Å². The van der Waals surface area contributed by atoms with Crippen LogP contribution in [-0.4, -0.2) is 22.0 Å². The lowest BCUT2D eigenvalue weighted by atomic mass is 10.2.